The second-order valence-corrected chi connectivity index (χ2v) is 4.91. The Kier molecular flexibility index (Phi) is 5.09. The van der Waals surface area contributed by atoms with Crippen LogP contribution in [0.15, 0.2) is 60.7 Å². The minimum Gasteiger partial charge on any atom is -0.480 e. The third-order valence-electron chi connectivity index (χ3n) is 3.35. The van der Waals surface area contributed by atoms with E-state index in [1.165, 1.54) is 0 Å². The summed E-state index contributed by atoms with van der Waals surface area (Å²) >= 11 is 0. The molecule has 0 spiro atoms. The van der Waals surface area contributed by atoms with Crippen LogP contribution in [0.1, 0.15) is 24.2 Å². The number of carboxylic acids is 1. The van der Waals surface area contributed by atoms with Crippen LogP contribution < -0.4 is 5.73 Å². The van der Waals surface area contributed by atoms with Crippen LogP contribution in [0.2, 0.25) is 0 Å². The molecule has 110 valence electrons. The minimum absolute atomic E-state index is 0.340. The molecule has 0 aromatic heterocycles. The van der Waals surface area contributed by atoms with Gasteiger partial charge in [0, 0.05) is 0 Å². The van der Waals surface area contributed by atoms with E-state index in [0.717, 1.165) is 11.1 Å². The maximum atomic E-state index is 11.0. The average molecular weight is 285 g/mol. The summed E-state index contributed by atoms with van der Waals surface area (Å²) in [6, 6.07) is 18.3. The van der Waals surface area contributed by atoms with E-state index < -0.39 is 18.1 Å². The minimum atomic E-state index is -1.07. The van der Waals surface area contributed by atoms with Gasteiger partial charge in [-0.25, -0.2) is 0 Å². The standard InChI is InChI=1S/C17H19NO3/c1-12(15(18)17(19)20)21-16(13-8-4-2-5-9-13)14-10-6-3-7-11-14/h2-12,15-16H,18H2,1H3,(H,19,20). The molecule has 2 rings (SSSR count). The van der Waals surface area contributed by atoms with Gasteiger partial charge in [0.25, 0.3) is 0 Å². The number of aliphatic carboxylic acids is 1. The average Bonchev–Trinajstić information content (AvgIpc) is 2.53. The molecule has 2 aromatic carbocycles. The highest BCUT2D eigenvalue weighted by atomic mass is 16.5. The van der Waals surface area contributed by atoms with E-state index in [-0.39, 0.29) is 6.10 Å². The van der Waals surface area contributed by atoms with Gasteiger partial charge in [0.2, 0.25) is 0 Å². The molecular formula is C17H19NO3. The zero-order valence-corrected chi connectivity index (χ0v) is 11.8. The molecule has 0 bridgehead atoms. The molecule has 0 saturated carbocycles. The largest absolute Gasteiger partial charge is 0.480 e. The number of carboxylic acid groups (broad SMARTS) is 1. The molecule has 0 heterocycles. The van der Waals surface area contributed by atoms with Crippen molar-refractivity contribution in [3.63, 3.8) is 0 Å². The van der Waals surface area contributed by atoms with E-state index in [4.69, 9.17) is 15.6 Å². The van der Waals surface area contributed by atoms with Crippen LogP contribution in [0.3, 0.4) is 0 Å². The number of nitrogens with two attached hydrogens (primary N) is 1. The summed E-state index contributed by atoms with van der Waals surface area (Å²) in [5.74, 6) is -1.07. The molecule has 2 aromatic rings. The van der Waals surface area contributed by atoms with E-state index >= 15 is 0 Å². The van der Waals surface area contributed by atoms with Gasteiger partial charge < -0.3 is 15.6 Å². The Labute approximate surface area is 124 Å². The second kappa shape index (κ2) is 7.02. The first kappa shape index (κ1) is 15.2. The Hall–Kier alpha value is -2.17. The molecule has 2 unspecified atom stereocenters. The number of hydrogen-bond donors (Lipinski definition) is 2. The smallest absolute Gasteiger partial charge is 0.323 e. The lowest BCUT2D eigenvalue weighted by atomic mass is 10.0. The Morgan fingerprint density at radius 2 is 1.43 bits per heavy atom. The van der Waals surface area contributed by atoms with E-state index in [1.807, 2.05) is 60.7 Å². The van der Waals surface area contributed by atoms with Crippen LogP contribution in [-0.2, 0) is 9.53 Å². The molecule has 4 heteroatoms. The van der Waals surface area contributed by atoms with Crippen molar-refractivity contribution in [1.82, 2.24) is 0 Å². The molecular weight excluding hydrogens is 266 g/mol. The summed E-state index contributed by atoms with van der Waals surface area (Å²) in [6.45, 7) is 1.68. The Morgan fingerprint density at radius 1 is 1.00 bits per heavy atom. The van der Waals surface area contributed by atoms with Crippen LogP contribution in [0.25, 0.3) is 0 Å². The lowest BCUT2D eigenvalue weighted by Gasteiger charge is -2.25. The number of ether oxygens (including phenoxy) is 1. The molecule has 4 nitrogen and oxygen atoms in total. The Morgan fingerprint density at radius 3 is 1.81 bits per heavy atom. The second-order valence-electron chi connectivity index (χ2n) is 4.91. The quantitative estimate of drug-likeness (QED) is 0.855. The predicted molar refractivity (Wildman–Crippen MR) is 80.9 cm³/mol. The highest BCUT2D eigenvalue weighted by Gasteiger charge is 2.25. The highest BCUT2D eigenvalue weighted by molar-refractivity contribution is 5.73. The van der Waals surface area contributed by atoms with E-state index in [0.29, 0.717) is 0 Å². The van der Waals surface area contributed by atoms with Crippen LogP contribution in [0.5, 0.6) is 0 Å². The van der Waals surface area contributed by atoms with Gasteiger partial charge >= 0.3 is 5.97 Å². The van der Waals surface area contributed by atoms with Crippen molar-refractivity contribution >= 4 is 5.97 Å². The number of hydrogen-bond acceptors (Lipinski definition) is 3. The number of carbonyl (C=O) groups is 1. The Bertz CT molecular complexity index is 532. The molecule has 0 amide bonds. The summed E-state index contributed by atoms with van der Waals surface area (Å²) in [4.78, 5) is 11.0. The van der Waals surface area contributed by atoms with Crippen LogP contribution in [0, 0.1) is 0 Å². The zero-order chi connectivity index (χ0) is 15.2. The SMILES string of the molecule is CC(OC(c1ccccc1)c1ccccc1)C(N)C(=O)O. The third kappa shape index (κ3) is 3.90. The topological polar surface area (TPSA) is 72.5 Å². The third-order valence-corrected chi connectivity index (χ3v) is 3.35. The normalized spacial score (nSPS) is 13.9. The van der Waals surface area contributed by atoms with Crippen LogP contribution >= 0.6 is 0 Å². The van der Waals surface area contributed by atoms with Gasteiger partial charge in [-0.05, 0) is 18.1 Å². The van der Waals surface area contributed by atoms with Gasteiger partial charge in [0.05, 0.1) is 6.10 Å². The van der Waals surface area contributed by atoms with E-state index in [1.54, 1.807) is 6.92 Å². The molecule has 0 aliphatic rings. The first-order valence-corrected chi connectivity index (χ1v) is 6.83. The molecule has 21 heavy (non-hydrogen) atoms. The van der Waals surface area contributed by atoms with Crippen molar-refractivity contribution in [2.24, 2.45) is 5.73 Å². The fourth-order valence-corrected chi connectivity index (χ4v) is 2.11. The molecule has 0 saturated heterocycles. The number of rotatable bonds is 6. The highest BCUT2D eigenvalue weighted by Crippen LogP contribution is 2.27. The van der Waals surface area contributed by atoms with E-state index in [9.17, 15) is 4.79 Å². The molecule has 0 aliphatic heterocycles. The number of benzene rings is 2. The summed E-state index contributed by atoms with van der Waals surface area (Å²) in [7, 11) is 0. The summed E-state index contributed by atoms with van der Waals surface area (Å²) < 4.78 is 5.94. The maximum Gasteiger partial charge on any atom is 0.323 e. The predicted octanol–water partition coefficient (Wildman–Crippen LogP) is 2.59. The Balaban J connectivity index is 2.27. The van der Waals surface area contributed by atoms with Gasteiger partial charge in [-0.1, -0.05) is 60.7 Å². The van der Waals surface area contributed by atoms with Crippen LogP contribution in [0.4, 0.5) is 0 Å². The molecule has 0 aliphatic carbocycles. The molecule has 3 N–H and O–H groups in total. The molecule has 0 radical (unpaired) electrons. The van der Waals surface area contributed by atoms with Crippen molar-refractivity contribution in [3.8, 4) is 0 Å². The molecule has 0 fully saturated rings. The fourth-order valence-electron chi connectivity index (χ4n) is 2.11. The zero-order valence-electron chi connectivity index (χ0n) is 11.8. The first-order chi connectivity index (χ1) is 10.1. The summed E-state index contributed by atoms with van der Waals surface area (Å²) in [6.07, 6.45) is -0.944. The summed E-state index contributed by atoms with van der Waals surface area (Å²) in [5.41, 5.74) is 7.57. The monoisotopic (exact) mass is 285 g/mol. The van der Waals surface area contributed by atoms with Crippen LogP contribution in [-0.4, -0.2) is 23.2 Å². The van der Waals surface area contributed by atoms with Crippen molar-refractivity contribution < 1.29 is 14.6 Å². The van der Waals surface area contributed by atoms with Gasteiger partial charge in [-0.2, -0.15) is 0 Å². The lowest BCUT2D eigenvalue weighted by molar-refractivity contribution is -0.143. The van der Waals surface area contributed by atoms with Gasteiger partial charge in [0.1, 0.15) is 12.1 Å². The maximum absolute atomic E-state index is 11.0. The summed E-state index contributed by atoms with van der Waals surface area (Å²) in [5, 5.41) is 9.00. The van der Waals surface area contributed by atoms with Crippen molar-refractivity contribution in [2.75, 3.05) is 0 Å². The van der Waals surface area contributed by atoms with E-state index in [2.05, 4.69) is 0 Å². The molecule has 2 atom stereocenters. The van der Waals surface area contributed by atoms with Gasteiger partial charge in [-0.15, -0.1) is 0 Å². The fraction of sp³-hybridized carbons (Fsp3) is 0.235. The van der Waals surface area contributed by atoms with Crippen molar-refractivity contribution in [2.45, 2.75) is 25.2 Å². The lowest BCUT2D eigenvalue weighted by Crippen LogP contribution is -2.42. The van der Waals surface area contributed by atoms with Gasteiger partial charge in [0.15, 0.2) is 0 Å². The van der Waals surface area contributed by atoms with Gasteiger partial charge in [-0.3, -0.25) is 4.79 Å². The van der Waals surface area contributed by atoms with Crippen molar-refractivity contribution in [3.05, 3.63) is 71.8 Å². The first-order valence-electron chi connectivity index (χ1n) is 6.83. The van der Waals surface area contributed by atoms with Crippen molar-refractivity contribution in [1.29, 1.82) is 0 Å².